The molecule has 0 aliphatic carbocycles. The Kier molecular flexibility index (Phi) is 7.31. The molecule has 6 nitrogen and oxygen atoms in total. The highest BCUT2D eigenvalue weighted by atomic mass is 32.2. The maximum absolute atomic E-state index is 11.7. The fourth-order valence-electron chi connectivity index (χ4n) is 1.59. The van der Waals surface area contributed by atoms with Crippen LogP contribution in [0.5, 0.6) is 0 Å². The molecule has 1 atom stereocenters. The summed E-state index contributed by atoms with van der Waals surface area (Å²) in [6.45, 7) is 0. The lowest BCUT2D eigenvalue weighted by Crippen LogP contribution is -2.41. The Morgan fingerprint density at radius 3 is 2.43 bits per heavy atom. The van der Waals surface area contributed by atoms with E-state index in [0.717, 1.165) is 4.90 Å². The second-order valence-electron chi connectivity index (χ2n) is 4.37. The smallest absolute Gasteiger partial charge is 0.326 e. The van der Waals surface area contributed by atoms with Crippen molar-refractivity contribution >= 4 is 29.5 Å². The van der Waals surface area contributed by atoms with Gasteiger partial charge in [0.25, 0.3) is 0 Å². The zero-order valence-electron chi connectivity index (χ0n) is 11.5. The highest BCUT2D eigenvalue weighted by Gasteiger charge is 2.20. The highest BCUT2D eigenvalue weighted by molar-refractivity contribution is 7.99. The number of hydrogen-bond acceptors (Lipinski definition) is 4. The summed E-state index contributed by atoms with van der Waals surface area (Å²) in [6, 6.07) is 8.53. The van der Waals surface area contributed by atoms with Gasteiger partial charge in [-0.15, -0.1) is 11.8 Å². The first-order valence-electron chi connectivity index (χ1n) is 6.47. The van der Waals surface area contributed by atoms with Crippen molar-refractivity contribution in [3.8, 4) is 0 Å². The average molecular weight is 310 g/mol. The van der Waals surface area contributed by atoms with Gasteiger partial charge in [-0.05, 0) is 18.6 Å². The lowest BCUT2D eigenvalue weighted by atomic mass is 10.1. The molecule has 0 heterocycles. The zero-order valence-corrected chi connectivity index (χ0v) is 12.3. The Morgan fingerprint density at radius 2 is 1.86 bits per heavy atom. The van der Waals surface area contributed by atoms with E-state index in [4.69, 9.17) is 10.8 Å². The van der Waals surface area contributed by atoms with Gasteiger partial charge in [-0.3, -0.25) is 9.59 Å². The summed E-state index contributed by atoms with van der Waals surface area (Å²) >= 11 is 1.52. The maximum Gasteiger partial charge on any atom is 0.326 e. The first-order chi connectivity index (χ1) is 9.99. The van der Waals surface area contributed by atoms with E-state index in [0.29, 0.717) is 5.75 Å². The quantitative estimate of drug-likeness (QED) is 0.590. The SMILES string of the molecule is NC(=O)CCC(NC(=O)CCSc1ccccc1)C(=O)O. The van der Waals surface area contributed by atoms with E-state index in [-0.39, 0.29) is 25.2 Å². The van der Waals surface area contributed by atoms with Crippen molar-refractivity contribution in [2.24, 2.45) is 5.73 Å². The van der Waals surface area contributed by atoms with Gasteiger partial charge >= 0.3 is 5.97 Å². The van der Waals surface area contributed by atoms with Gasteiger partial charge < -0.3 is 16.2 Å². The number of rotatable bonds is 9. The Labute approximate surface area is 127 Å². The van der Waals surface area contributed by atoms with E-state index < -0.39 is 17.9 Å². The number of nitrogens with one attached hydrogen (secondary N) is 1. The minimum absolute atomic E-state index is 0.00222. The van der Waals surface area contributed by atoms with E-state index in [1.807, 2.05) is 30.3 Å². The van der Waals surface area contributed by atoms with Crippen molar-refractivity contribution in [2.75, 3.05) is 5.75 Å². The van der Waals surface area contributed by atoms with Crippen molar-refractivity contribution in [2.45, 2.75) is 30.2 Å². The predicted molar refractivity (Wildman–Crippen MR) is 79.8 cm³/mol. The van der Waals surface area contributed by atoms with Crippen LogP contribution in [-0.4, -0.2) is 34.7 Å². The van der Waals surface area contributed by atoms with Gasteiger partial charge in [0.2, 0.25) is 11.8 Å². The number of primary amides is 1. The minimum Gasteiger partial charge on any atom is -0.480 e. The van der Waals surface area contributed by atoms with E-state index in [2.05, 4.69) is 5.32 Å². The molecule has 21 heavy (non-hydrogen) atoms. The lowest BCUT2D eigenvalue weighted by Gasteiger charge is -2.13. The lowest BCUT2D eigenvalue weighted by molar-refractivity contribution is -0.142. The molecule has 0 aliphatic heterocycles. The molecule has 0 bridgehead atoms. The van der Waals surface area contributed by atoms with Gasteiger partial charge in [0.15, 0.2) is 0 Å². The summed E-state index contributed by atoms with van der Waals surface area (Å²) in [7, 11) is 0. The van der Waals surface area contributed by atoms with Gasteiger partial charge in [-0.1, -0.05) is 18.2 Å². The third-order valence-corrected chi connectivity index (χ3v) is 3.67. The van der Waals surface area contributed by atoms with Gasteiger partial charge in [0, 0.05) is 23.5 Å². The second-order valence-corrected chi connectivity index (χ2v) is 5.54. The van der Waals surface area contributed by atoms with Crippen LogP contribution in [0, 0.1) is 0 Å². The summed E-state index contributed by atoms with van der Waals surface area (Å²) in [5.41, 5.74) is 4.97. The van der Waals surface area contributed by atoms with Crippen LogP contribution in [-0.2, 0) is 14.4 Å². The first kappa shape index (κ1) is 17.0. The first-order valence-corrected chi connectivity index (χ1v) is 7.46. The van der Waals surface area contributed by atoms with Crippen LogP contribution in [0.3, 0.4) is 0 Å². The molecule has 7 heteroatoms. The second kappa shape index (κ2) is 9.02. The van der Waals surface area contributed by atoms with Gasteiger partial charge in [-0.2, -0.15) is 0 Å². The third kappa shape index (κ3) is 7.36. The van der Waals surface area contributed by atoms with Crippen LogP contribution in [0.4, 0.5) is 0 Å². The van der Waals surface area contributed by atoms with Crippen LogP contribution in [0.15, 0.2) is 35.2 Å². The monoisotopic (exact) mass is 310 g/mol. The minimum atomic E-state index is -1.17. The van der Waals surface area contributed by atoms with Gasteiger partial charge in [0.05, 0.1) is 0 Å². The van der Waals surface area contributed by atoms with Crippen molar-refractivity contribution in [1.82, 2.24) is 5.32 Å². The number of nitrogens with two attached hydrogens (primary N) is 1. The summed E-state index contributed by atoms with van der Waals surface area (Å²) in [4.78, 5) is 34.4. The van der Waals surface area contributed by atoms with Gasteiger partial charge in [-0.25, -0.2) is 4.79 Å². The molecule has 0 radical (unpaired) electrons. The molecule has 0 aliphatic rings. The number of carbonyl (C=O) groups excluding carboxylic acids is 2. The summed E-state index contributed by atoms with van der Waals surface area (Å²) < 4.78 is 0. The summed E-state index contributed by atoms with van der Waals surface area (Å²) in [5.74, 6) is -1.55. The summed E-state index contributed by atoms with van der Waals surface area (Å²) in [6.07, 6.45) is 0.137. The largest absolute Gasteiger partial charge is 0.480 e. The predicted octanol–water partition coefficient (Wildman–Crippen LogP) is 1.00. The Bertz CT molecular complexity index is 493. The Hall–Kier alpha value is -2.02. The molecule has 0 saturated heterocycles. The third-order valence-electron chi connectivity index (χ3n) is 2.65. The molecule has 1 unspecified atom stereocenters. The molecule has 1 aromatic carbocycles. The van der Waals surface area contributed by atoms with Crippen LogP contribution in [0.25, 0.3) is 0 Å². The van der Waals surface area contributed by atoms with E-state index in [9.17, 15) is 14.4 Å². The number of thioether (sulfide) groups is 1. The van der Waals surface area contributed by atoms with Gasteiger partial charge in [0.1, 0.15) is 6.04 Å². The molecule has 0 aromatic heterocycles. The van der Waals surface area contributed by atoms with Crippen molar-refractivity contribution < 1.29 is 19.5 Å². The Morgan fingerprint density at radius 1 is 1.19 bits per heavy atom. The van der Waals surface area contributed by atoms with Crippen molar-refractivity contribution in [3.05, 3.63) is 30.3 Å². The van der Waals surface area contributed by atoms with E-state index >= 15 is 0 Å². The molecule has 0 fully saturated rings. The van der Waals surface area contributed by atoms with E-state index in [1.165, 1.54) is 11.8 Å². The average Bonchev–Trinajstić information content (AvgIpc) is 2.44. The zero-order chi connectivity index (χ0) is 15.7. The van der Waals surface area contributed by atoms with Crippen LogP contribution in [0.2, 0.25) is 0 Å². The normalized spacial score (nSPS) is 11.6. The molecule has 0 saturated carbocycles. The Balaban J connectivity index is 2.33. The number of aliphatic carboxylic acids is 1. The standard InChI is InChI=1S/C14H18N2O4S/c15-12(17)7-6-11(14(19)20)16-13(18)8-9-21-10-4-2-1-3-5-10/h1-5,11H,6-9H2,(H2,15,17)(H,16,18)(H,19,20). The molecule has 0 spiro atoms. The van der Waals surface area contributed by atoms with E-state index in [1.54, 1.807) is 0 Å². The number of amides is 2. The number of carboxylic acids is 1. The van der Waals surface area contributed by atoms with Crippen molar-refractivity contribution in [3.63, 3.8) is 0 Å². The fourth-order valence-corrected chi connectivity index (χ4v) is 2.46. The molecular formula is C14H18N2O4S. The molecule has 2 amide bonds. The molecule has 114 valence electrons. The number of benzene rings is 1. The fraction of sp³-hybridized carbons (Fsp3) is 0.357. The molecule has 4 N–H and O–H groups in total. The molecular weight excluding hydrogens is 292 g/mol. The summed E-state index contributed by atoms with van der Waals surface area (Å²) in [5, 5.41) is 11.4. The molecule has 1 aromatic rings. The van der Waals surface area contributed by atoms with Crippen LogP contribution < -0.4 is 11.1 Å². The topological polar surface area (TPSA) is 109 Å². The number of carbonyl (C=O) groups is 3. The number of carboxylic acid groups (broad SMARTS) is 1. The van der Waals surface area contributed by atoms with Crippen LogP contribution >= 0.6 is 11.8 Å². The highest BCUT2D eigenvalue weighted by Crippen LogP contribution is 2.17. The van der Waals surface area contributed by atoms with Crippen molar-refractivity contribution in [1.29, 1.82) is 0 Å². The molecule has 1 rings (SSSR count). The maximum atomic E-state index is 11.7. The van der Waals surface area contributed by atoms with Crippen LogP contribution in [0.1, 0.15) is 19.3 Å². The number of hydrogen-bond donors (Lipinski definition) is 3.